The molecule has 1 N–H and O–H groups in total. The maximum Gasteiger partial charge on any atom is 0.0613 e. The summed E-state index contributed by atoms with van der Waals surface area (Å²) < 4.78 is 5.68. The molecule has 1 rings (SSSR count). The summed E-state index contributed by atoms with van der Waals surface area (Å²) in [5.74, 6) is 0.752. The van der Waals surface area contributed by atoms with E-state index in [1.165, 1.54) is 13.0 Å². The van der Waals surface area contributed by atoms with Crippen LogP contribution < -0.4 is 5.32 Å². The second-order valence-corrected chi connectivity index (χ2v) is 4.23. The lowest BCUT2D eigenvalue weighted by Crippen LogP contribution is -2.34. The molecule has 0 aromatic rings. The van der Waals surface area contributed by atoms with Crippen molar-refractivity contribution in [2.45, 2.75) is 25.9 Å². The topological polar surface area (TPSA) is 24.5 Å². The van der Waals surface area contributed by atoms with E-state index in [-0.39, 0.29) is 0 Å². The molecule has 14 heavy (non-hydrogen) atoms. The Hall–Kier alpha value is -0.120. The molecule has 0 spiro atoms. The average molecular weight is 200 g/mol. The molecule has 1 aliphatic heterocycles. The molecule has 0 amide bonds. The Morgan fingerprint density at radius 3 is 2.93 bits per heavy atom. The fourth-order valence-corrected chi connectivity index (χ4v) is 2.15. The minimum absolute atomic E-state index is 0.507. The van der Waals surface area contributed by atoms with E-state index in [4.69, 9.17) is 4.74 Å². The highest BCUT2D eigenvalue weighted by atomic mass is 16.5. The molecule has 2 unspecified atom stereocenters. The molecule has 1 fully saturated rings. The Kier molecular flexibility index (Phi) is 5.45. The average Bonchev–Trinajstić information content (AvgIpc) is 2.62. The van der Waals surface area contributed by atoms with E-state index in [9.17, 15) is 0 Å². The quantitative estimate of drug-likeness (QED) is 0.691. The number of likely N-dealkylation sites (N-methyl/N-ethyl adjacent to an activating group) is 2. The van der Waals surface area contributed by atoms with E-state index < -0.39 is 0 Å². The van der Waals surface area contributed by atoms with Crippen LogP contribution >= 0.6 is 0 Å². The van der Waals surface area contributed by atoms with E-state index in [2.05, 4.69) is 24.2 Å². The first-order valence-corrected chi connectivity index (χ1v) is 5.72. The first kappa shape index (κ1) is 12.0. The normalized spacial score (nSPS) is 27.4. The monoisotopic (exact) mass is 200 g/mol. The Morgan fingerprint density at radius 1 is 1.50 bits per heavy atom. The van der Waals surface area contributed by atoms with Crippen LogP contribution in [0.25, 0.3) is 0 Å². The van der Waals surface area contributed by atoms with Crippen LogP contribution in [0.15, 0.2) is 0 Å². The summed E-state index contributed by atoms with van der Waals surface area (Å²) in [6.45, 7) is 6.56. The summed E-state index contributed by atoms with van der Waals surface area (Å²) in [6, 6.07) is 0. The van der Waals surface area contributed by atoms with Crippen LogP contribution in [0.4, 0.5) is 0 Å². The van der Waals surface area contributed by atoms with E-state index in [1.54, 1.807) is 0 Å². The molecule has 0 bridgehead atoms. The van der Waals surface area contributed by atoms with Crippen LogP contribution in [0.5, 0.6) is 0 Å². The molecule has 3 nitrogen and oxygen atoms in total. The number of nitrogens with one attached hydrogen (secondary N) is 1. The molecule has 0 saturated carbocycles. The van der Waals surface area contributed by atoms with Crippen LogP contribution in [-0.4, -0.2) is 51.3 Å². The molecule has 1 saturated heterocycles. The Labute approximate surface area is 87.8 Å². The lowest BCUT2D eigenvalue weighted by atomic mass is 9.99. The standard InChI is InChI=1S/C11H24N2O/c1-4-11-10(5-8-14-11)9-13(3)7-6-12-2/h10-12H,4-9H2,1-3H3. The van der Waals surface area contributed by atoms with Gasteiger partial charge in [-0.1, -0.05) is 6.92 Å². The smallest absolute Gasteiger partial charge is 0.0613 e. The zero-order valence-corrected chi connectivity index (χ0v) is 9.75. The number of hydrogen-bond acceptors (Lipinski definition) is 3. The van der Waals surface area contributed by atoms with Gasteiger partial charge in [0.05, 0.1) is 6.10 Å². The number of rotatable bonds is 6. The van der Waals surface area contributed by atoms with Crippen LogP contribution in [0.2, 0.25) is 0 Å². The third-order valence-electron chi connectivity index (χ3n) is 3.04. The van der Waals surface area contributed by atoms with Crippen LogP contribution in [0.1, 0.15) is 19.8 Å². The van der Waals surface area contributed by atoms with Crippen molar-refractivity contribution in [3.8, 4) is 0 Å². The van der Waals surface area contributed by atoms with Crippen LogP contribution in [0.3, 0.4) is 0 Å². The number of ether oxygens (including phenoxy) is 1. The highest BCUT2D eigenvalue weighted by molar-refractivity contribution is 4.77. The number of hydrogen-bond donors (Lipinski definition) is 1. The molecule has 0 aliphatic carbocycles. The minimum atomic E-state index is 0.507. The van der Waals surface area contributed by atoms with Gasteiger partial charge >= 0.3 is 0 Å². The fraction of sp³-hybridized carbons (Fsp3) is 1.00. The van der Waals surface area contributed by atoms with Gasteiger partial charge in [0.2, 0.25) is 0 Å². The van der Waals surface area contributed by atoms with Crippen molar-refractivity contribution >= 4 is 0 Å². The molecule has 0 radical (unpaired) electrons. The maximum atomic E-state index is 5.68. The highest BCUT2D eigenvalue weighted by Crippen LogP contribution is 2.23. The van der Waals surface area contributed by atoms with E-state index in [0.717, 1.165) is 32.0 Å². The van der Waals surface area contributed by atoms with Gasteiger partial charge in [-0.05, 0) is 32.9 Å². The zero-order chi connectivity index (χ0) is 10.4. The van der Waals surface area contributed by atoms with Gasteiger partial charge < -0.3 is 15.0 Å². The minimum Gasteiger partial charge on any atom is -0.378 e. The summed E-state index contributed by atoms with van der Waals surface area (Å²) in [7, 11) is 4.20. The third kappa shape index (κ3) is 3.56. The van der Waals surface area contributed by atoms with Gasteiger partial charge in [0.1, 0.15) is 0 Å². The highest BCUT2D eigenvalue weighted by Gasteiger charge is 2.27. The van der Waals surface area contributed by atoms with Crippen molar-refractivity contribution in [2.24, 2.45) is 5.92 Å². The number of nitrogens with zero attached hydrogens (tertiary/aromatic N) is 1. The summed E-state index contributed by atoms with van der Waals surface area (Å²) in [4.78, 5) is 2.40. The lowest BCUT2D eigenvalue weighted by Gasteiger charge is -2.23. The second-order valence-electron chi connectivity index (χ2n) is 4.23. The molecule has 1 aliphatic rings. The van der Waals surface area contributed by atoms with Gasteiger partial charge in [-0.25, -0.2) is 0 Å². The first-order chi connectivity index (χ1) is 6.77. The molecular formula is C11H24N2O. The molecule has 0 aromatic carbocycles. The van der Waals surface area contributed by atoms with Crippen LogP contribution in [-0.2, 0) is 4.74 Å². The van der Waals surface area contributed by atoms with Gasteiger partial charge in [-0.3, -0.25) is 0 Å². The predicted molar refractivity (Wildman–Crippen MR) is 59.6 cm³/mol. The predicted octanol–water partition coefficient (Wildman–Crippen LogP) is 0.953. The van der Waals surface area contributed by atoms with Crippen molar-refractivity contribution in [3.05, 3.63) is 0 Å². The summed E-state index contributed by atoms with van der Waals surface area (Å²) in [6.07, 6.45) is 2.90. The molecule has 84 valence electrons. The van der Waals surface area contributed by atoms with E-state index >= 15 is 0 Å². The summed E-state index contributed by atoms with van der Waals surface area (Å²) >= 11 is 0. The van der Waals surface area contributed by atoms with Crippen LogP contribution in [0, 0.1) is 5.92 Å². The third-order valence-corrected chi connectivity index (χ3v) is 3.04. The van der Waals surface area contributed by atoms with Gasteiger partial charge in [0, 0.05) is 26.2 Å². The van der Waals surface area contributed by atoms with Crippen molar-refractivity contribution in [1.29, 1.82) is 0 Å². The van der Waals surface area contributed by atoms with Gasteiger partial charge in [-0.2, -0.15) is 0 Å². The van der Waals surface area contributed by atoms with E-state index in [1.807, 2.05) is 7.05 Å². The molecule has 0 aromatic heterocycles. The molecular weight excluding hydrogens is 176 g/mol. The zero-order valence-electron chi connectivity index (χ0n) is 9.75. The first-order valence-electron chi connectivity index (χ1n) is 5.72. The molecule has 3 heteroatoms. The second kappa shape index (κ2) is 6.38. The molecule has 2 atom stereocenters. The van der Waals surface area contributed by atoms with Crippen molar-refractivity contribution < 1.29 is 4.74 Å². The summed E-state index contributed by atoms with van der Waals surface area (Å²) in [5.41, 5.74) is 0. The van der Waals surface area contributed by atoms with Crippen molar-refractivity contribution in [2.75, 3.05) is 40.3 Å². The van der Waals surface area contributed by atoms with E-state index in [0.29, 0.717) is 6.10 Å². The van der Waals surface area contributed by atoms with Gasteiger partial charge in [-0.15, -0.1) is 0 Å². The van der Waals surface area contributed by atoms with Crippen molar-refractivity contribution in [1.82, 2.24) is 10.2 Å². The summed E-state index contributed by atoms with van der Waals surface area (Å²) in [5, 5.41) is 3.18. The lowest BCUT2D eigenvalue weighted by molar-refractivity contribution is 0.0786. The Bertz CT molecular complexity index is 152. The van der Waals surface area contributed by atoms with Gasteiger partial charge in [0.25, 0.3) is 0 Å². The fourth-order valence-electron chi connectivity index (χ4n) is 2.15. The van der Waals surface area contributed by atoms with Crippen molar-refractivity contribution in [3.63, 3.8) is 0 Å². The molecule has 1 heterocycles. The maximum absolute atomic E-state index is 5.68. The Balaban J connectivity index is 2.21. The Morgan fingerprint density at radius 2 is 2.29 bits per heavy atom. The largest absolute Gasteiger partial charge is 0.378 e. The van der Waals surface area contributed by atoms with Gasteiger partial charge in [0.15, 0.2) is 0 Å². The SMILES string of the molecule is CCC1OCCC1CN(C)CCNC.